The Morgan fingerprint density at radius 1 is 0.864 bits per heavy atom. The van der Waals surface area contributed by atoms with Crippen molar-refractivity contribution >= 4 is 11.9 Å². The fraction of sp³-hybridized carbons (Fsp3) is 0.250. The van der Waals surface area contributed by atoms with Crippen molar-refractivity contribution in [2.75, 3.05) is 6.61 Å². The number of rotatable bonds is 2. The topological polar surface area (TPSA) is 26.3 Å². The van der Waals surface area contributed by atoms with Crippen LogP contribution in [0.4, 0.5) is 0 Å². The molecular weight excluding hydrogens is 272 g/mol. The van der Waals surface area contributed by atoms with Gasteiger partial charge in [0.25, 0.3) is 0 Å². The first-order valence-electron chi connectivity index (χ1n) is 7.87. The van der Waals surface area contributed by atoms with Crippen LogP contribution in [0, 0.1) is 0 Å². The summed E-state index contributed by atoms with van der Waals surface area (Å²) in [5, 5.41) is 0. The molecule has 0 bridgehead atoms. The van der Waals surface area contributed by atoms with Crippen molar-refractivity contribution in [2.45, 2.75) is 27.7 Å². The molecule has 0 aliphatic carbocycles. The molecule has 0 spiro atoms. The molecule has 2 heteroatoms. The normalized spacial score (nSPS) is 11.4. The van der Waals surface area contributed by atoms with Crippen molar-refractivity contribution in [3.8, 4) is 5.75 Å². The van der Waals surface area contributed by atoms with E-state index < -0.39 is 0 Å². The van der Waals surface area contributed by atoms with Gasteiger partial charge in [-0.2, -0.15) is 0 Å². The summed E-state index contributed by atoms with van der Waals surface area (Å²) < 4.78 is 5.59. The molecule has 0 atom stereocenters. The molecule has 0 saturated heterocycles. The van der Waals surface area contributed by atoms with Gasteiger partial charge in [0, 0.05) is 16.7 Å². The highest BCUT2D eigenvalue weighted by atomic mass is 16.5. The van der Waals surface area contributed by atoms with Crippen LogP contribution in [-0.2, 0) is 0 Å². The molecule has 0 radical (unpaired) electrons. The van der Waals surface area contributed by atoms with Gasteiger partial charge in [-0.3, -0.25) is 4.79 Å². The number of carbonyl (C=O) groups excluding carboxylic acids is 1. The Morgan fingerprint density at radius 3 is 2.14 bits per heavy atom. The zero-order valence-electron chi connectivity index (χ0n) is 13.8. The summed E-state index contributed by atoms with van der Waals surface area (Å²) in [4.78, 5) is 12.3. The number of benzene rings is 2. The highest BCUT2D eigenvalue weighted by Crippen LogP contribution is 2.27. The SMILES string of the molecule is CC.CC.O=C(C1=Cc2ccccc2OC1)c1ccccc1. The number of ketones is 1. The number of carbonyl (C=O) groups is 1. The summed E-state index contributed by atoms with van der Waals surface area (Å²) in [6.45, 7) is 8.34. The molecule has 0 amide bonds. The molecule has 2 aromatic rings. The van der Waals surface area contributed by atoms with Crippen LogP contribution >= 0.6 is 0 Å². The van der Waals surface area contributed by atoms with Crippen LogP contribution in [0.2, 0.25) is 0 Å². The predicted octanol–water partition coefficient (Wildman–Crippen LogP) is 5.40. The number of hydrogen-bond acceptors (Lipinski definition) is 2. The van der Waals surface area contributed by atoms with E-state index in [1.807, 2.05) is 88.4 Å². The predicted molar refractivity (Wildman–Crippen MR) is 93.4 cm³/mol. The molecule has 22 heavy (non-hydrogen) atoms. The molecule has 0 aromatic heterocycles. The summed E-state index contributed by atoms with van der Waals surface area (Å²) in [5.41, 5.74) is 2.36. The number of ether oxygens (including phenoxy) is 1. The molecular formula is C20H24O2. The second kappa shape index (κ2) is 9.56. The Kier molecular flexibility index (Phi) is 7.69. The van der Waals surface area contributed by atoms with Gasteiger partial charge in [0.1, 0.15) is 12.4 Å². The Labute approximate surface area is 133 Å². The quantitative estimate of drug-likeness (QED) is 0.694. The lowest BCUT2D eigenvalue weighted by molar-refractivity contribution is 0.102. The minimum Gasteiger partial charge on any atom is -0.488 e. The van der Waals surface area contributed by atoms with E-state index in [1.165, 1.54) is 0 Å². The molecule has 2 aromatic carbocycles. The van der Waals surface area contributed by atoms with Crippen molar-refractivity contribution < 1.29 is 9.53 Å². The van der Waals surface area contributed by atoms with Crippen molar-refractivity contribution in [3.05, 3.63) is 71.3 Å². The van der Waals surface area contributed by atoms with Crippen molar-refractivity contribution in [1.29, 1.82) is 0 Å². The molecule has 1 aliphatic rings. The average Bonchev–Trinajstić information content (AvgIpc) is 2.65. The second-order valence-electron chi connectivity index (χ2n) is 4.19. The summed E-state index contributed by atoms with van der Waals surface area (Å²) in [6, 6.07) is 17.0. The summed E-state index contributed by atoms with van der Waals surface area (Å²) in [5.74, 6) is 0.868. The van der Waals surface area contributed by atoms with Crippen molar-refractivity contribution in [2.24, 2.45) is 0 Å². The third-order valence-electron chi connectivity index (χ3n) is 2.96. The second-order valence-corrected chi connectivity index (χ2v) is 4.19. The third-order valence-corrected chi connectivity index (χ3v) is 2.96. The fourth-order valence-electron chi connectivity index (χ4n) is 2.02. The number of hydrogen-bond donors (Lipinski definition) is 0. The average molecular weight is 296 g/mol. The molecule has 0 fully saturated rings. The van der Waals surface area contributed by atoms with Crippen LogP contribution in [-0.4, -0.2) is 12.4 Å². The molecule has 0 saturated carbocycles. The van der Waals surface area contributed by atoms with Crippen LogP contribution in [0.15, 0.2) is 60.2 Å². The molecule has 1 aliphatic heterocycles. The number of Topliss-reactive ketones (excluding diaryl/α,β-unsaturated/α-hetero) is 1. The fourth-order valence-corrected chi connectivity index (χ4v) is 2.02. The van der Waals surface area contributed by atoms with Gasteiger partial charge in [0.15, 0.2) is 5.78 Å². The minimum atomic E-state index is 0.0325. The molecule has 0 N–H and O–H groups in total. The largest absolute Gasteiger partial charge is 0.488 e. The highest BCUT2D eigenvalue weighted by Gasteiger charge is 2.17. The Balaban J connectivity index is 0.000000561. The van der Waals surface area contributed by atoms with E-state index in [2.05, 4.69) is 0 Å². The van der Waals surface area contributed by atoms with Gasteiger partial charge in [-0.15, -0.1) is 0 Å². The molecule has 0 unspecified atom stereocenters. The highest BCUT2D eigenvalue weighted by molar-refractivity contribution is 6.11. The van der Waals surface area contributed by atoms with E-state index in [0.29, 0.717) is 17.7 Å². The van der Waals surface area contributed by atoms with Gasteiger partial charge in [0.2, 0.25) is 0 Å². The van der Waals surface area contributed by atoms with E-state index in [4.69, 9.17) is 4.74 Å². The molecule has 1 heterocycles. The Bertz CT molecular complexity index is 613. The lowest BCUT2D eigenvalue weighted by atomic mass is 10.00. The van der Waals surface area contributed by atoms with Crippen molar-refractivity contribution in [3.63, 3.8) is 0 Å². The molecule has 2 nitrogen and oxygen atoms in total. The first-order valence-corrected chi connectivity index (χ1v) is 7.87. The van der Waals surface area contributed by atoms with Crippen LogP contribution in [0.1, 0.15) is 43.6 Å². The van der Waals surface area contributed by atoms with E-state index in [1.54, 1.807) is 0 Å². The summed E-state index contributed by atoms with van der Waals surface area (Å²) >= 11 is 0. The maximum Gasteiger partial charge on any atom is 0.192 e. The third kappa shape index (κ3) is 4.32. The van der Waals surface area contributed by atoms with Gasteiger partial charge in [-0.25, -0.2) is 0 Å². The number of fused-ring (bicyclic) bond motifs is 1. The van der Waals surface area contributed by atoms with Gasteiger partial charge in [-0.1, -0.05) is 76.2 Å². The van der Waals surface area contributed by atoms with Crippen molar-refractivity contribution in [1.82, 2.24) is 0 Å². The summed E-state index contributed by atoms with van der Waals surface area (Å²) in [6.07, 6.45) is 1.91. The summed E-state index contributed by atoms with van der Waals surface area (Å²) in [7, 11) is 0. The van der Waals surface area contributed by atoms with E-state index in [0.717, 1.165) is 11.3 Å². The lowest BCUT2D eigenvalue weighted by Crippen LogP contribution is -2.15. The first kappa shape index (κ1) is 17.7. The van der Waals surface area contributed by atoms with Crippen LogP contribution in [0.3, 0.4) is 0 Å². The van der Waals surface area contributed by atoms with E-state index >= 15 is 0 Å². The molecule has 116 valence electrons. The Morgan fingerprint density at radius 2 is 1.45 bits per heavy atom. The van der Waals surface area contributed by atoms with Crippen LogP contribution < -0.4 is 4.74 Å². The van der Waals surface area contributed by atoms with Gasteiger partial charge < -0.3 is 4.74 Å². The van der Waals surface area contributed by atoms with Crippen LogP contribution in [0.5, 0.6) is 5.75 Å². The van der Waals surface area contributed by atoms with E-state index in [-0.39, 0.29) is 5.78 Å². The first-order chi connectivity index (χ1) is 10.8. The Hall–Kier alpha value is -2.35. The lowest BCUT2D eigenvalue weighted by Gasteiger charge is -2.17. The smallest absolute Gasteiger partial charge is 0.192 e. The minimum absolute atomic E-state index is 0.0325. The zero-order chi connectivity index (χ0) is 16.4. The maximum atomic E-state index is 12.3. The monoisotopic (exact) mass is 296 g/mol. The maximum absolute atomic E-state index is 12.3. The van der Waals surface area contributed by atoms with Gasteiger partial charge in [0.05, 0.1) is 0 Å². The van der Waals surface area contributed by atoms with Gasteiger partial charge in [-0.05, 0) is 12.1 Å². The number of para-hydroxylation sites is 1. The van der Waals surface area contributed by atoms with Gasteiger partial charge >= 0.3 is 0 Å². The zero-order valence-corrected chi connectivity index (χ0v) is 13.8. The molecule has 3 rings (SSSR count). The van der Waals surface area contributed by atoms with Crippen LogP contribution in [0.25, 0.3) is 6.08 Å². The standard InChI is InChI=1S/C16H12O2.2C2H6/c17-16(12-6-2-1-3-7-12)14-10-13-8-4-5-9-15(13)18-11-14;2*1-2/h1-10H,11H2;2*1-2H3. The van der Waals surface area contributed by atoms with E-state index in [9.17, 15) is 4.79 Å².